The fraction of sp³-hybridized carbons (Fsp3) is 0.455. The van der Waals surface area contributed by atoms with Crippen LogP contribution in [0.3, 0.4) is 0 Å². The van der Waals surface area contributed by atoms with Crippen LogP contribution in [0.4, 0.5) is 0 Å². The highest BCUT2D eigenvalue weighted by Crippen LogP contribution is 2.36. The first-order chi connectivity index (χ1) is 12.1. The zero-order valence-corrected chi connectivity index (χ0v) is 15.8. The maximum atomic E-state index is 6.13. The average Bonchev–Trinajstić information content (AvgIpc) is 2.62. The highest BCUT2D eigenvalue weighted by molar-refractivity contribution is 5.49. The van der Waals surface area contributed by atoms with Crippen molar-refractivity contribution in [2.24, 2.45) is 5.92 Å². The van der Waals surface area contributed by atoms with Gasteiger partial charge in [-0.1, -0.05) is 44.2 Å². The second kappa shape index (κ2) is 7.92. The molecule has 0 spiro atoms. The molecule has 2 aromatic rings. The molecule has 3 heteroatoms. The van der Waals surface area contributed by atoms with Gasteiger partial charge in [0.1, 0.15) is 12.6 Å². The lowest BCUT2D eigenvalue weighted by Crippen LogP contribution is -3.10. The molecule has 0 radical (unpaired) electrons. The Balaban J connectivity index is 1.89. The van der Waals surface area contributed by atoms with Crippen molar-refractivity contribution in [2.45, 2.75) is 39.3 Å². The minimum Gasteiger partial charge on any atom is -0.493 e. The van der Waals surface area contributed by atoms with Crippen LogP contribution in [0.25, 0.3) is 0 Å². The van der Waals surface area contributed by atoms with Gasteiger partial charge in [-0.3, -0.25) is 0 Å². The van der Waals surface area contributed by atoms with Crippen molar-refractivity contribution in [1.29, 1.82) is 0 Å². The molecule has 0 amide bonds. The molecular weight excluding hydrogens is 310 g/mol. The van der Waals surface area contributed by atoms with E-state index in [4.69, 9.17) is 9.47 Å². The Labute approximate surface area is 151 Å². The molecular formula is C22H30NO2+. The second-order valence-electron chi connectivity index (χ2n) is 7.50. The smallest absolute Gasteiger partial charge is 0.162 e. The molecule has 0 aliphatic carbocycles. The lowest BCUT2D eigenvalue weighted by molar-refractivity contribution is -0.915. The molecule has 2 aromatic carbocycles. The molecule has 3 nitrogen and oxygen atoms in total. The first-order valence-electron chi connectivity index (χ1n) is 9.28. The maximum Gasteiger partial charge on any atom is 0.162 e. The highest BCUT2D eigenvalue weighted by atomic mass is 16.5. The van der Waals surface area contributed by atoms with Crippen molar-refractivity contribution in [3.63, 3.8) is 0 Å². The molecule has 0 aromatic heterocycles. The van der Waals surface area contributed by atoms with Gasteiger partial charge in [0.2, 0.25) is 0 Å². The summed E-state index contributed by atoms with van der Waals surface area (Å²) in [7, 11) is 4.04. The number of quaternary nitrogens is 1. The Morgan fingerprint density at radius 2 is 1.88 bits per heavy atom. The van der Waals surface area contributed by atoms with E-state index >= 15 is 0 Å². The molecule has 134 valence electrons. The highest BCUT2D eigenvalue weighted by Gasteiger charge is 2.30. The molecule has 3 rings (SSSR count). The quantitative estimate of drug-likeness (QED) is 0.871. The van der Waals surface area contributed by atoms with Gasteiger partial charge in [0.05, 0.1) is 20.7 Å². The molecule has 2 atom stereocenters. The first kappa shape index (κ1) is 17.8. The number of nitrogens with one attached hydrogen (secondary N) is 1. The zero-order chi connectivity index (χ0) is 17.8. The number of likely N-dealkylation sites (N-methyl/N-ethyl adjacent to an activating group) is 1. The summed E-state index contributed by atoms with van der Waals surface area (Å²) in [6, 6.07) is 15.2. The first-order valence-corrected chi connectivity index (χ1v) is 9.28. The molecule has 1 heterocycles. The van der Waals surface area contributed by atoms with Gasteiger partial charge < -0.3 is 14.4 Å². The van der Waals surface area contributed by atoms with Crippen molar-refractivity contribution in [1.82, 2.24) is 0 Å². The SMILES string of the molecule is COc1cc2c(cc1OCc1ccccc1)C(CC(C)C)[NH+](C)CC2. The average molecular weight is 340 g/mol. The van der Waals surface area contributed by atoms with Gasteiger partial charge >= 0.3 is 0 Å². The monoisotopic (exact) mass is 340 g/mol. The van der Waals surface area contributed by atoms with E-state index in [0.29, 0.717) is 18.6 Å². The number of methoxy groups -OCH3 is 1. The molecule has 25 heavy (non-hydrogen) atoms. The number of benzene rings is 2. The zero-order valence-electron chi connectivity index (χ0n) is 15.8. The molecule has 2 unspecified atom stereocenters. The molecule has 0 saturated heterocycles. The van der Waals surface area contributed by atoms with Crippen molar-refractivity contribution in [3.8, 4) is 11.5 Å². The molecule has 1 aliphatic rings. The standard InChI is InChI=1S/C22H29NO2/c1-16(2)12-20-19-14-22(25-15-17-8-6-5-7-9-17)21(24-4)13-18(19)10-11-23(20)3/h5-9,13-14,16,20H,10-12,15H2,1-4H3/p+1. The van der Waals surface area contributed by atoms with Gasteiger partial charge in [-0.2, -0.15) is 0 Å². The van der Waals surface area contributed by atoms with Crippen LogP contribution in [-0.4, -0.2) is 20.7 Å². The Bertz CT molecular complexity index is 697. The summed E-state index contributed by atoms with van der Waals surface area (Å²) < 4.78 is 11.7. The molecule has 0 saturated carbocycles. The summed E-state index contributed by atoms with van der Waals surface area (Å²) >= 11 is 0. The minimum atomic E-state index is 0.536. The summed E-state index contributed by atoms with van der Waals surface area (Å²) in [5.74, 6) is 2.38. The normalized spacial score (nSPS) is 19.6. The van der Waals surface area contributed by atoms with Crippen LogP contribution >= 0.6 is 0 Å². The third-order valence-corrected chi connectivity index (χ3v) is 5.13. The van der Waals surface area contributed by atoms with E-state index in [-0.39, 0.29) is 0 Å². The van der Waals surface area contributed by atoms with E-state index in [1.54, 1.807) is 12.0 Å². The third-order valence-electron chi connectivity index (χ3n) is 5.13. The summed E-state index contributed by atoms with van der Waals surface area (Å²) in [4.78, 5) is 1.60. The largest absolute Gasteiger partial charge is 0.493 e. The second-order valence-corrected chi connectivity index (χ2v) is 7.50. The van der Waals surface area contributed by atoms with Crippen LogP contribution in [0.15, 0.2) is 42.5 Å². The van der Waals surface area contributed by atoms with E-state index in [0.717, 1.165) is 17.9 Å². The molecule has 0 bridgehead atoms. The Kier molecular flexibility index (Phi) is 5.64. The number of hydrogen-bond donors (Lipinski definition) is 1. The predicted octanol–water partition coefficient (Wildman–Crippen LogP) is 3.43. The minimum absolute atomic E-state index is 0.536. The number of rotatable bonds is 6. The van der Waals surface area contributed by atoms with Gasteiger partial charge in [-0.25, -0.2) is 0 Å². The Hall–Kier alpha value is -2.00. The van der Waals surface area contributed by atoms with E-state index in [1.807, 2.05) is 18.2 Å². The van der Waals surface area contributed by atoms with Crippen LogP contribution < -0.4 is 14.4 Å². The molecule has 1 N–H and O–H groups in total. The van der Waals surface area contributed by atoms with Gasteiger partial charge in [-0.15, -0.1) is 0 Å². The van der Waals surface area contributed by atoms with Gasteiger partial charge in [0.15, 0.2) is 11.5 Å². The molecule has 1 aliphatic heterocycles. The van der Waals surface area contributed by atoms with E-state index in [9.17, 15) is 0 Å². The third kappa shape index (κ3) is 4.16. The topological polar surface area (TPSA) is 22.9 Å². The van der Waals surface area contributed by atoms with Crippen LogP contribution in [0, 0.1) is 5.92 Å². The maximum absolute atomic E-state index is 6.13. The van der Waals surface area contributed by atoms with Crippen LogP contribution in [0.1, 0.15) is 43.0 Å². The van der Waals surface area contributed by atoms with Gasteiger partial charge in [-0.05, 0) is 29.2 Å². The van der Waals surface area contributed by atoms with E-state index in [1.165, 1.54) is 29.7 Å². The summed E-state index contributed by atoms with van der Waals surface area (Å²) in [6.07, 6.45) is 2.30. The van der Waals surface area contributed by atoms with Crippen molar-refractivity contribution < 1.29 is 14.4 Å². The number of hydrogen-bond acceptors (Lipinski definition) is 2. The van der Waals surface area contributed by atoms with Crippen LogP contribution in [0.5, 0.6) is 11.5 Å². The van der Waals surface area contributed by atoms with Crippen LogP contribution in [-0.2, 0) is 13.0 Å². The van der Waals surface area contributed by atoms with E-state index in [2.05, 4.69) is 45.2 Å². The van der Waals surface area contributed by atoms with Crippen LogP contribution in [0.2, 0.25) is 0 Å². The number of ether oxygens (including phenoxy) is 2. The fourth-order valence-corrected chi connectivity index (χ4v) is 3.74. The Morgan fingerprint density at radius 3 is 2.56 bits per heavy atom. The van der Waals surface area contributed by atoms with Crippen molar-refractivity contribution in [3.05, 3.63) is 59.2 Å². The predicted molar refractivity (Wildman–Crippen MR) is 101 cm³/mol. The van der Waals surface area contributed by atoms with Gasteiger partial charge in [0, 0.05) is 18.4 Å². The fourth-order valence-electron chi connectivity index (χ4n) is 3.74. The van der Waals surface area contributed by atoms with Crippen molar-refractivity contribution in [2.75, 3.05) is 20.7 Å². The summed E-state index contributed by atoms with van der Waals surface area (Å²) in [6.45, 7) is 6.35. The van der Waals surface area contributed by atoms with Crippen molar-refractivity contribution >= 4 is 0 Å². The van der Waals surface area contributed by atoms with E-state index < -0.39 is 0 Å². The summed E-state index contributed by atoms with van der Waals surface area (Å²) in [5.41, 5.74) is 4.02. The Morgan fingerprint density at radius 1 is 1.12 bits per heavy atom. The van der Waals surface area contributed by atoms with Gasteiger partial charge in [0.25, 0.3) is 0 Å². The lowest BCUT2D eigenvalue weighted by Gasteiger charge is -2.33. The number of fused-ring (bicyclic) bond motifs is 1. The molecule has 0 fully saturated rings. The summed E-state index contributed by atoms with van der Waals surface area (Å²) in [5, 5.41) is 0. The lowest BCUT2D eigenvalue weighted by atomic mass is 9.87.